The van der Waals surface area contributed by atoms with Gasteiger partial charge in [0, 0.05) is 12.7 Å². The van der Waals surface area contributed by atoms with Crippen LogP contribution in [0.15, 0.2) is 23.4 Å². The molecule has 0 atom stereocenters. The number of aromatic carboxylic acids is 1. The van der Waals surface area contributed by atoms with Crippen molar-refractivity contribution in [2.24, 2.45) is 0 Å². The number of ether oxygens (including phenoxy) is 1. The number of aromatic nitrogens is 1. The molecule has 1 aromatic heterocycles. The van der Waals surface area contributed by atoms with Gasteiger partial charge in [-0.1, -0.05) is 0 Å². The van der Waals surface area contributed by atoms with Crippen LogP contribution in [0.25, 0.3) is 0 Å². The van der Waals surface area contributed by atoms with Gasteiger partial charge < -0.3 is 9.84 Å². The van der Waals surface area contributed by atoms with E-state index in [4.69, 9.17) is 5.11 Å². The first-order chi connectivity index (χ1) is 9.33. The van der Waals surface area contributed by atoms with Gasteiger partial charge in [0.15, 0.2) is 5.03 Å². The first-order valence-electron chi connectivity index (χ1n) is 5.38. The number of halogens is 2. The van der Waals surface area contributed by atoms with Crippen LogP contribution in [0.3, 0.4) is 0 Å². The van der Waals surface area contributed by atoms with Gasteiger partial charge in [0.05, 0.1) is 12.2 Å². The summed E-state index contributed by atoms with van der Waals surface area (Å²) in [5, 5.41) is 8.28. The van der Waals surface area contributed by atoms with Gasteiger partial charge in [-0.25, -0.2) is 31.7 Å². The van der Waals surface area contributed by atoms with Gasteiger partial charge in [0.1, 0.15) is 6.61 Å². The van der Waals surface area contributed by atoms with E-state index in [-0.39, 0.29) is 23.7 Å². The van der Waals surface area contributed by atoms with E-state index in [9.17, 15) is 22.0 Å². The van der Waals surface area contributed by atoms with E-state index >= 15 is 0 Å². The van der Waals surface area contributed by atoms with Crippen molar-refractivity contribution in [3.63, 3.8) is 0 Å². The van der Waals surface area contributed by atoms with Crippen LogP contribution in [0.4, 0.5) is 8.78 Å². The highest BCUT2D eigenvalue weighted by Gasteiger charge is 2.16. The van der Waals surface area contributed by atoms with Crippen LogP contribution >= 0.6 is 0 Å². The van der Waals surface area contributed by atoms with Gasteiger partial charge in [0.2, 0.25) is 0 Å². The zero-order chi connectivity index (χ0) is 15.2. The van der Waals surface area contributed by atoms with Crippen molar-refractivity contribution in [1.29, 1.82) is 0 Å². The first-order valence-corrected chi connectivity index (χ1v) is 6.86. The second-order valence-electron chi connectivity index (χ2n) is 3.55. The van der Waals surface area contributed by atoms with Crippen LogP contribution in [-0.2, 0) is 14.8 Å². The Bertz CT molecular complexity index is 547. The molecule has 0 aromatic carbocycles. The van der Waals surface area contributed by atoms with Gasteiger partial charge in [-0.2, -0.15) is 0 Å². The number of rotatable bonds is 8. The predicted octanol–water partition coefficient (Wildman–Crippen LogP) is 0.340. The Kier molecular flexibility index (Phi) is 5.92. The van der Waals surface area contributed by atoms with Crippen molar-refractivity contribution in [3.05, 3.63) is 23.9 Å². The highest BCUT2D eigenvalue weighted by atomic mass is 32.2. The molecule has 0 unspecified atom stereocenters. The van der Waals surface area contributed by atoms with Crippen molar-refractivity contribution in [2.75, 3.05) is 19.8 Å². The molecule has 1 aromatic rings. The lowest BCUT2D eigenvalue weighted by atomic mass is 10.3. The molecule has 1 heterocycles. The maximum atomic E-state index is 11.7. The highest BCUT2D eigenvalue weighted by molar-refractivity contribution is 7.89. The fourth-order valence-electron chi connectivity index (χ4n) is 1.16. The third-order valence-corrected chi connectivity index (χ3v) is 3.42. The lowest BCUT2D eigenvalue weighted by Crippen LogP contribution is -2.28. The van der Waals surface area contributed by atoms with Crippen molar-refractivity contribution in [1.82, 2.24) is 9.71 Å². The topological polar surface area (TPSA) is 106 Å². The normalized spacial score (nSPS) is 11.8. The number of carboxylic acid groups (broad SMARTS) is 1. The molecule has 0 fully saturated rings. The van der Waals surface area contributed by atoms with Crippen molar-refractivity contribution >= 4 is 16.0 Å². The number of nitrogens with one attached hydrogen (secondary N) is 1. The summed E-state index contributed by atoms with van der Waals surface area (Å²) in [5.41, 5.74) is -0.149. The zero-order valence-electron chi connectivity index (χ0n) is 10.1. The fraction of sp³-hybridized carbons (Fsp3) is 0.400. The Hall–Kier alpha value is -1.65. The van der Waals surface area contributed by atoms with Gasteiger partial charge >= 0.3 is 5.97 Å². The summed E-state index contributed by atoms with van der Waals surface area (Å²) < 4.78 is 53.4. The average molecular weight is 310 g/mol. The Morgan fingerprint density at radius 3 is 2.65 bits per heavy atom. The van der Waals surface area contributed by atoms with E-state index in [1.165, 1.54) is 0 Å². The molecule has 0 aliphatic carbocycles. The molecule has 0 aliphatic heterocycles. The first kappa shape index (κ1) is 16.4. The van der Waals surface area contributed by atoms with Crippen LogP contribution < -0.4 is 4.72 Å². The maximum absolute atomic E-state index is 11.7. The van der Waals surface area contributed by atoms with E-state index in [2.05, 4.69) is 14.4 Å². The molecule has 0 amide bonds. The molecule has 10 heteroatoms. The molecule has 112 valence electrons. The van der Waals surface area contributed by atoms with Crippen LogP contribution in [0.5, 0.6) is 0 Å². The van der Waals surface area contributed by atoms with Crippen LogP contribution in [0, 0.1) is 0 Å². The minimum Gasteiger partial charge on any atom is -0.478 e. The molecule has 0 spiro atoms. The Balaban J connectivity index is 2.54. The average Bonchev–Trinajstić information content (AvgIpc) is 2.38. The Morgan fingerprint density at radius 1 is 1.45 bits per heavy atom. The molecular weight excluding hydrogens is 298 g/mol. The van der Waals surface area contributed by atoms with E-state index in [0.29, 0.717) is 0 Å². The summed E-state index contributed by atoms with van der Waals surface area (Å²) >= 11 is 0. The minimum absolute atomic E-state index is 0.149. The number of hydrogen-bond acceptors (Lipinski definition) is 5. The van der Waals surface area contributed by atoms with Crippen molar-refractivity contribution in [2.45, 2.75) is 11.5 Å². The summed E-state index contributed by atoms with van der Waals surface area (Å²) in [5.74, 6) is -1.23. The number of hydrogen-bond donors (Lipinski definition) is 2. The number of carbonyl (C=O) groups is 1. The predicted molar refractivity (Wildman–Crippen MR) is 63.2 cm³/mol. The molecule has 0 saturated carbocycles. The lowest BCUT2D eigenvalue weighted by molar-refractivity contribution is 0.0199. The molecule has 0 radical (unpaired) electrons. The van der Waals surface area contributed by atoms with Crippen LogP contribution in [0.2, 0.25) is 0 Å². The van der Waals surface area contributed by atoms with Gasteiger partial charge in [-0.3, -0.25) is 0 Å². The number of pyridine rings is 1. The summed E-state index contributed by atoms with van der Waals surface area (Å²) in [7, 11) is -3.92. The van der Waals surface area contributed by atoms with Gasteiger partial charge in [-0.15, -0.1) is 0 Å². The molecule has 0 bridgehead atoms. The summed E-state index contributed by atoms with van der Waals surface area (Å²) in [6.45, 7) is -1.18. The number of carboxylic acids is 1. The highest BCUT2D eigenvalue weighted by Crippen LogP contribution is 2.06. The number of sulfonamides is 1. The van der Waals surface area contributed by atoms with Gasteiger partial charge in [0.25, 0.3) is 16.4 Å². The molecule has 0 saturated heterocycles. The standard InChI is InChI=1S/C10H12F2N2O5S/c11-8(12)6-19-4-3-14-20(17,18)9-2-1-7(5-13-9)10(15)16/h1-2,5,8,14H,3-4,6H2,(H,15,16). The second-order valence-corrected chi connectivity index (χ2v) is 5.27. The molecular formula is C10H12F2N2O5S. The van der Waals surface area contributed by atoms with Crippen molar-refractivity contribution in [3.8, 4) is 0 Å². The third-order valence-electron chi connectivity index (χ3n) is 2.04. The lowest BCUT2D eigenvalue weighted by Gasteiger charge is -2.06. The van der Waals surface area contributed by atoms with Crippen LogP contribution in [-0.4, -0.2) is 50.7 Å². The monoisotopic (exact) mass is 310 g/mol. The van der Waals surface area contributed by atoms with Crippen molar-refractivity contribution < 1.29 is 31.8 Å². The third kappa shape index (κ3) is 5.15. The molecule has 0 aliphatic rings. The molecule has 1 rings (SSSR count). The van der Waals surface area contributed by atoms with E-state index in [0.717, 1.165) is 18.3 Å². The van der Waals surface area contributed by atoms with E-state index < -0.39 is 29.0 Å². The Morgan fingerprint density at radius 2 is 2.15 bits per heavy atom. The second kappa shape index (κ2) is 7.22. The maximum Gasteiger partial charge on any atom is 0.337 e. The largest absolute Gasteiger partial charge is 0.478 e. The van der Waals surface area contributed by atoms with E-state index in [1.807, 2.05) is 0 Å². The smallest absolute Gasteiger partial charge is 0.337 e. The Labute approximate surface area is 113 Å². The summed E-state index contributed by atoms with van der Waals surface area (Å²) in [4.78, 5) is 14.1. The van der Waals surface area contributed by atoms with Crippen LogP contribution in [0.1, 0.15) is 10.4 Å². The molecule has 20 heavy (non-hydrogen) atoms. The van der Waals surface area contributed by atoms with Gasteiger partial charge in [-0.05, 0) is 12.1 Å². The number of nitrogens with zero attached hydrogens (tertiary/aromatic N) is 1. The zero-order valence-corrected chi connectivity index (χ0v) is 10.9. The molecule has 2 N–H and O–H groups in total. The minimum atomic E-state index is -3.92. The number of alkyl halides is 2. The summed E-state index contributed by atoms with van der Waals surface area (Å²) in [6.07, 6.45) is -1.71. The fourth-order valence-corrected chi connectivity index (χ4v) is 2.10. The summed E-state index contributed by atoms with van der Waals surface area (Å²) in [6, 6.07) is 2.13. The quantitative estimate of drug-likeness (QED) is 0.671. The van der Waals surface area contributed by atoms with E-state index in [1.54, 1.807) is 0 Å². The SMILES string of the molecule is O=C(O)c1ccc(S(=O)(=O)NCCOCC(F)F)nc1. The molecule has 7 nitrogen and oxygen atoms in total.